The minimum atomic E-state index is -0.640. The van der Waals surface area contributed by atoms with E-state index in [-0.39, 0.29) is 30.1 Å². The molecule has 1 aliphatic carbocycles. The largest absolute Gasteiger partial charge is 0.373 e. The fraction of sp³-hybridized carbons (Fsp3) is 0.625. The van der Waals surface area contributed by atoms with Crippen LogP contribution in [0.3, 0.4) is 0 Å². The molecule has 0 aromatic heterocycles. The predicted molar refractivity (Wildman–Crippen MR) is 115 cm³/mol. The highest BCUT2D eigenvalue weighted by Crippen LogP contribution is 2.28. The Balaban J connectivity index is 1.71. The molecule has 30 heavy (non-hydrogen) atoms. The number of amides is 2. The molecule has 0 radical (unpaired) electrons. The number of hydrogen-bond acceptors (Lipinski definition) is 4. The van der Waals surface area contributed by atoms with Crippen LogP contribution in [0.5, 0.6) is 0 Å². The molecule has 3 atom stereocenters. The van der Waals surface area contributed by atoms with Crippen LogP contribution >= 0.6 is 0 Å². The van der Waals surface area contributed by atoms with Crippen LogP contribution < -0.4 is 10.6 Å². The van der Waals surface area contributed by atoms with Gasteiger partial charge in [0.25, 0.3) is 5.91 Å². The van der Waals surface area contributed by atoms with Crippen LogP contribution in [0.1, 0.15) is 68.6 Å². The maximum atomic E-state index is 13.2. The van der Waals surface area contributed by atoms with Gasteiger partial charge in [-0.15, -0.1) is 0 Å². The number of rotatable bonds is 8. The van der Waals surface area contributed by atoms with Gasteiger partial charge in [-0.25, -0.2) is 0 Å². The number of carbonyl (C=O) groups excluding carboxylic acids is 3. The highest BCUT2D eigenvalue weighted by atomic mass is 16.5. The van der Waals surface area contributed by atoms with E-state index >= 15 is 0 Å². The van der Waals surface area contributed by atoms with Crippen LogP contribution in [0.2, 0.25) is 0 Å². The molecule has 6 heteroatoms. The fourth-order valence-electron chi connectivity index (χ4n) is 4.65. The summed E-state index contributed by atoms with van der Waals surface area (Å²) in [5.74, 6) is -0.192. The molecule has 2 fully saturated rings. The number of nitrogens with one attached hydrogen (secondary N) is 2. The van der Waals surface area contributed by atoms with Crippen LogP contribution in [0, 0.1) is 11.8 Å². The number of hydrogen-bond donors (Lipinski definition) is 2. The zero-order valence-corrected chi connectivity index (χ0v) is 17.9. The summed E-state index contributed by atoms with van der Waals surface area (Å²) in [7, 11) is 0. The van der Waals surface area contributed by atoms with Crippen LogP contribution in [0.25, 0.3) is 0 Å². The molecule has 3 rings (SSSR count). The summed E-state index contributed by atoms with van der Waals surface area (Å²) in [5, 5.41) is 5.90. The maximum absolute atomic E-state index is 13.2. The lowest BCUT2D eigenvalue weighted by atomic mass is 9.84. The van der Waals surface area contributed by atoms with Gasteiger partial charge in [0.15, 0.2) is 5.78 Å². The topological polar surface area (TPSA) is 84.5 Å². The summed E-state index contributed by atoms with van der Waals surface area (Å²) in [5.41, 5.74) is 0.532. The molecule has 1 aromatic rings. The fourth-order valence-corrected chi connectivity index (χ4v) is 4.65. The Kier molecular flexibility index (Phi) is 8.43. The van der Waals surface area contributed by atoms with Gasteiger partial charge >= 0.3 is 0 Å². The van der Waals surface area contributed by atoms with E-state index in [1.54, 1.807) is 24.3 Å². The van der Waals surface area contributed by atoms with Crippen molar-refractivity contribution >= 4 is 17.6 Å². The molecular weight excluding hydrogens is 380 g/mol. The molecule has 1 heterocycles. The Morgan fingerprint density at radius 2 is 1.87 bits per heavy atom. The monoisotopic (exact) mass is 414 g/mol. The first-order valence-corrected chi connectivity index (χ1v) is 11.3. The van der Waals surface area contributed by atoms with Crippen LogP contribution in [-0.2, 0) is 14.3 Å². The van der Waals surface area contributed by atoms with Gasteiger partial charge in [-0.2, -0.15) is 0 Å². The van der Waals surface area contributed by atoms with Gasteiger partial charge in [-0.1, -0.05) is 63.6 Å². The smallest absolute Gasteiger partial charge is 0.251 e. The minimum absolute atomic E-state index is 0.0136. The van der Waals surface area contributed by atoms with Crippen molar-refractivity contribution in [1.29, 1.82) is 0 Å². The predicted octanol–water partition coefficient (Wildman–Crippen LogP) is 3.26. The molecule has 2 amide bonds. The van der Waals surface area contributed by atoms with Gasteiger partial charge in [0.2, 0.25) is 5.91 Å². The van der Waals surface area contributed by atoms with Crippen molar-refractivity contribution in [2.24, 2.45) is 11.8 Å². The molecule has 1 aromatic carbocycles. The first-order valence-electron chi connectivity index (χ1n) is 11.3. The molecular formula is C24H34N2O4. The molecule has 2 N–H and O–H groups in total. The molecule has 6 nitrogen and oxygen atoms in total. The maximum Gasteiger partial charge on any atom is 0.251 e. The van der Waals surface area contributed by atoms with Crippen molar-refractivity contribution in [2.75, 3.05) is 13.2 Å². The summed E-state index contributed by atoms with van der Waals surface area (Å²) in [6.07, 6.45) is 8.09. The highest BCUT2D eigenvalue weighted by molar-refractivity contribution is 5.98. The number of benzene rings is 1. The van der Waals surface area contributed by atoms with Gasteiger partial charge in [-0.05, 0) is 30.9 Å². The van der Waals surface area contributed by atoms with E-state index in [1.165, 1.54) is 19.3 Å². The van der Waals surface area contributed by atoms with Crippen molar-refractivity contribution in [2.45, 2.75) is 70.4 Å². The molecule has 1 aliphatic heterocycles. The van der Waals surface area contributed by atoms with Crippen molar-refractivity contribution in [3.05, 3.63) is 35.9 Å². The molecule has 3 unspecified atom stereocenters. The van der Waals surface area contributed by atoms with E-state index in [9.17, 15) is 14.4 Å². The summed E-state index contributed by atoms with van der Waals surface area (Å²) >= 11 is 0. The summed E-state index contributed by atoms with van der Waals surface area (Å²) in [6.45, 7) is 2.58. The number of carbonyl (C=O) groups is 3. The third kappa shape index (κ3) is 6.14. The van der Waals surface area contributed by atoms with E-state index in [1.807, 2.05) is 6.07 Å². The van der Waals surface area contributed by atoms with Crippen LogP contribution in [-0.4, -0.2) is 42.9 Å². The van der Waals surface area contributed by atoms with Gasteiger partial charge in [0.05, 0.1) is 12.6 Å². The Morgan fingerprint density at radius 1 is 1.13 bits per heavy atom. The van der Waals surface area contributed by atoms with Crippen molar-refractivity contribution in [3.8, 4) is 0 Å². The van der Waals surface area contributed by atoms with Crippen LogP contribution in [0.4, 0.5) is 0 Å². The third-order valence-corrected chi connectivity index (χ3v) is 6.30. The zero-order chi connectivity index (χ0) is 21.3. The lowest BCUT2D eigenvalue weighted by molar-refractivity contribution is -0.138. The second-order valence-electron chi connectivity index (χ2n) is 8.65. The zero-order valence-electron chi connectivity index (χ0n) is 17.9. The lowest BCUT2D eigenvalue weighted by Gasteiger charge is -2.33. The first kappa shape index (κ1) is 22.5. The standard InChI is InChI=1S/C24H34N2O4/c1-2-9-19-15-30-16-21(27)22(19)26-24(29)20(14-17-10-5-3-6-11-17)25-23(28)18-12-7-4-8-13-18/h4,7-8,12-13,17,19-20,22H,2-3,5-6,9-11,14-16H2,1H3,(H,25,28)(H,26,29). The molecule has 1 saturated heterocycles. The highest BCUT2D eigenvalue weighted by Gasteiger charge is 2.35. The van der Waals surface area contributed by atoms with Crippen molar-refractivity contribution < 1.29 is 19.1 Å². The summed E-state index contributed by atoms with van der Waals surface area (Å²) < 4.78 is 5.39. The molecule has 2 aliphatic rings. The Hall–Kier alpha value is -2.21. The number of ether oxygens (including phenoxy) is 1. The molecule has 164 valence electrons. The van der Waals surface area contributed by atoms with Gasteiger partial charge < -0.3 is 15.4 Å². The SMILES string of the molecule is CCCC1COCC(=O)C1NC(=O)C(CC1CCCCC1)NC(=O)c1ccccc1. The van der Waals surface area contributed by atoms with Gasteiger partial charge in [0.1, 0.15) is 12.6 Å². The third-order valence-electron chi connectivity index (χ3n) is 6.30. The summed E-state index contributed by atoms with van der Waals surface area (Å²) in [4.78, 5) is 38.4. The van der Waals surface area contributed by atoms with Crippen LogP contribution in [0.15, 0.2) is 30.3 Å². The van der Waals surface area contributed by atoms with E-state index < -0.39 is 12.1 Å². The quantitative estimate of drug-likeness (QED) is 0.684. The van der Waals surface area contributed by atoms with Crippen molar-refractivity contribution in [1.82, 2.24) is 10.6 Å². The lowest BCUT2D eigenvalue weighted by Crippen LogP contribution is -2.57. The second kappa shape index (κ2) is 11.3. The molecule has 0 spiro atoms. The Morgan fingerprint density at radius 3 is 2.57 bits per heavy atom. The number of ketones is 1. The van der Waals surface area contributed by atoms with E-state index in [0.717, 1.165) is 25.7 Å². The van der Waals surface area contributed by atoms with Crippen molar-refractivity contribution in [3.63, 3.8) is 0 Å². The van der Waals surface area contributed by atoms with E-state index in [2.05, 4.69) is 17.6 Å². The molecule has 1 saturated carbocycles. The average Bonchev–Trinajstić information content (AvgIpc) is 2.77. The van der Waals surface area contributed by atoms with E-state index in [0.29, 0.717) is 24.5 Å². The normalized spacial score (nSPS) is 23.6. The second-order valence-corrected chi connectivity index (χ2v) is 8.65. The average molecular weight is 415 g/mol. The van der Waals surface area contributed by atoms with Gasteiger partial charge in [-0.3, -0.25) is 14.4 Å². The number of Topliss-reactive ketones (excluding diaryl/α,β-unsaturated/α-hetero) is 1. The first-order chi connectivity index (χ1) is 14.6. The molecule has 0 bridgehead atoms. The Bertz CT molecular complexity index is 713. The Labute approximate surface area is 179 Å². The van der Waals surface area contributed by atoms with E-state index in [4.69, 9.17) is 4.74 Å². The minimum Gasteiger partial charge on any atom is -0.373 e. The van der Waals surface area contributed by atoms with Gasteiger partial charge in [0, 0.05) is 11.5 Å². The summed E-state index contributed by atoms with van der Waals surface area (Å²) in [6, 6.07) is 7.78.